The van der Waals surface area contributed by atoms with E-state index in [-0.39, 0.29) is 0 Å². The van der Waals surface area contributed by atoms with Crippen molar-refractivity contribution in [3.05, 3.63) is 71.5 Å². The minimum absolute atomic E-state index is 0.500. The van der Waals surface area contributed by atoms with E-state index >= 15 is 0 Å². The molecule has 0 radical (unpaired) electrons. The number of anilines is 2. The number of benzene rings is 2. The second-order valence-corrected chi connectivity index (χ2v) is 3.04. The van der Waals surface area contributed by atoms with E-state index < -0.39 is 0 Å². The Labute approximate surface area is 110 Å². The van der Waals surface area contributed by atoms with Crippen molar-refractivity contribution in [2.45, 2.75) is 0 Å². The number of para-hydroxylation sites is 2. The second-order valence-electron chi connectivity index (χ2n) is 3.04. The highest BCUT2D eigenvalue weighted by molar-refractivity contribution is 5.58. The van der Waals surface area contributed by atoms with Gasteiger partial charge >= 0.3 is 0 Å². The van der Waals surface area contributed by atoms with E-state index in [4.69, 9.17) is 20.4 Å². The Morgan fingerprint density at radius 2 is 0.947 bits per heavy atom. The highest BCUT2D eigenvalue weighted by atomic mass is 16.1. The first kappa shape index (κ1) is 16.0. The fourth-order valence-electron chi connectivity index (χ4n) is 1.21. The number of hydrogen-bond acceptors (Lipinski definition) is 3. The van der Waals surface area contributed by atoms with E-state index in [1.807, 2.05) is 60.7 Å². The van der Waals surface area contributed by atoms with Crippen LogP contribution in [0.5, 0.6) is 0 Å². The lowest BCUT2D eigenvalue weighted by molar-refractivity contribution is 0.568. The zero-order valence-electron chi connectivity index (χ0n) is 9.98. The molecule has 0 spiro atoms. The summed E-state index contributed by atoms with van der Waals surface area (Å²) >= 11 is 0. The monoisotopic (exact) mass is 253 g/mol. The number of isocyanates is 2. The van der Waals surface area contributed by atoms with Crippen molar-refractivity contribution in [2.75, 3.05) is 5.32 Å². The van der Waals surface area contributed by atoms with Crippen LogP contribution in [0.25, 0.3) is 10.8 Å². The van der Waals surface area contributed by atoms with Gasteiger partial charge in [-0.05, 0) is 36.4 Å². The molecule has 2 aromatic carbocycles. The molecule has 0 aliphatic carbocycles. The maximum atomic E-state index is 8.24. The molecule has 1 N–H and O–H groups in total. The summed E-state index contributed by atoms with van der Waals surface area (Å²) in [5.41, 5.74) is 2.24. The Kier molecular flexibility index (Phi) is 9.67. The van der Waals surface area contributed by atoms with Crippen LogP contribution >= 0.6 is 0 Å². The summed E-state index contributed by atoms with van der Waals surface area (Å²) < 4.78 is 0. The van der Waals surface area contributed by atoms with E-state index in [2.05, 4.69) is 5.32 Å². The normalized spacial score (nSPS) is 7.37. The molecule has 2 aromatic rings. The van der Waals surface area contributed by atoms with Crippen molar-refractivity contribution >= 4 is 23.5 Å². The molecule has 0 bridgehead atoms. The van der Waals surface area contributed by atoms with E-state index in [9.17, 15) is 0 Å². The second kappa shape index (κ2) is 11.5. The number of nitrogens with one attached hydrogen (secondary N) is 1. The summed E-state index contributed by atoms with van der Waals surface area (Å²) in [7, 11) is 0. The van der Waals surface area contributed by atoms with Crippen LogP contribution in [-0.2, 0) is 9.59 Å². The minimum Gasteiger partial charge on any atom is -0.724 e. The van der Waals surface area contributed by atoms with Gasteiger partial charge < -0.3 is 16.1 Å². The molecule has 0 saturated heterocycles. The van der Waals surface area contributed by atoms with Crippen LogP contribution in [0.2, 0.25) is 0 Å². The SMILES string of the molecule is [N-]=C=O.[N-]=C=O.c1ccc(Nc2ccccc2)cc1. The first-order chi connectivity index (χ1) is 9.28. The van der Waals surface area contributed by atoms with Gasteiger partial charge in [-0.15, -0.1) is 0 Å². The van der Waals surface area contributed by atoms with Gasteiger partial charge in [-0.2, -0.15) is 0 Å². The largest absolute Gasteiger partial charge is 0.724 e. The van der Waals surface area contributed by atoms with Crippen LogP contribution in [0.3, 0.4) is 0 Å². The van der Waals surface area contributed by atoms with E-state index in [0.717, 1.165) is 11.4 Å². The summed E-state index contributed by atoms with van der Waals surface area (Å²) in [6, 6.07) is 20.3. The predicted octanol–water partition coefficient (Wildman–Crippen LogP) is 3.21. The Balaban J connectivity index is 0.000000465. The third-order valence-electron chi connectivity index (χ3n) is 1.84. The predicted molar refractivity (Wildman–Crippen MR) is 74.3 cm³/mol. The number of hydrogen-bond donors (Lipinski definition) is 1. The van der Waals surface area contributed by atoms with Gasteiger partial charge in [-0.3, -0.25) is 9.59 Å². The third kappa shape index (κ3) is 8.77. The molecular formula is C14H11N3O2-2. The Morgan fingerprint density at radius 3 is 1.21 bits per heavy atom. The molecule has 5 heteroatoms. The summed E-state index contributed by atoms with van der Waals surface area (Å²) in [4.78, 5) is 16.5. The van der Waals surface area contributed by atoms with Gasteiger partial charge in [0.2, 0.25) is 0 Å². The molecule has 0 aliphatic heterocycles. The molecule has 96 valence electrons. The summed E-state index contributed by atoms with van der Waals surface area (Å²) in [5, 5.41) is 16.8. The number of nitrogens with zero attached hydrogens (tertiary/aromatic N) is 2. The van der Waals surface area contributed by atoms with Crippen molar-refractivity contribution in [1.29, 1.82) is 0 Å². The molecule has 0 saturated carbocycles. The zero-order valence-corrected chi connectivity index (χ0v) is 9.98. The maximum absolute atomic E-state index is 8.24. The fourth-order valence-corrected chi connectivity index (χ4v) is 1.21. The highest BCUT2D eigenvalue weighted by Crippen LogP contribution is 2.14. The molecule has 0 aliphatic rings. The topological polar surface area (TPSA) is 90.8 Å². The van der Waals surface area contributed by atoms with Gasteiger partial charge in [0.15, 0.2) is 0 Å². The van der Waals surface area contributed by atoms with Crippen LogP contribution in [-0.4, -0.2) is 12.2 Å². The quantitative estimate of drug-likeness (QED) is 0.658. The highest BCUT2D eigenvalue weighted by Gasteiger charge is 1.89. The van der Waals surface area contributed by atoms with E-state index in [1.54, 1.807) is 0 Å². The lowest BCUT2D eigenvalue weighted by Gasteiger charge is -2.04. The van der Waals surface area contributed by atoms with Gasteiger partial charge in [0.1, 0.15) is 0 Å². The average Bonchev–Trinajstić information content (AvgIpc) is 2.43. The van der Waals surface area contributed by atoms with Crippen LogP contribution in [0.15, 0.2) is 60.7 Å². The van der Waals surface area contributed by atoms with Crippen LogP contribution in [0.1, 0.15) is 0 Å². The first-order valence-electron chi connectivity index (χ1n) is 5.18. The standard InChI is InChI=1S/C12H11N.2CNO/c1-3-7-11(8-4-1)13-12-9-5-2-6-10-12;2*2-1-3/h1-10,13H;;/q;2*-1. The zero-order chi connectivity index (χ0) is 14.3. The molecule has 0 heterocycles. The van der Waals surface area contributed by atoms with E-state index in [1.165, 1.54) is 0 Å². The van der Waals surface area contributed by atoms with Gasteiger partial charge in [-0.1, -0.05) is 36.4 Å². The van der Waals surface area contributed by atoms with E-state index in [0.29, 0.717) is 12.2 Å². The smallest absolute Gasteiger partial charge is 0.0384 e. The number of rotatable bonds is 2. The molecule has 2 rings (SSSR count). The fraction of sp³-hybridized carbons (Fsp3) is 0. The van der Waals surface area contributed by atoms with Crippen molar-refractivity contribution in [3.63, 3.8) is 0 Å². The van der Waals surface area contributed by atoms with Crippen LogP contribution < -0.4 is 5.32 Å². The van der Waals surface area contributed by atoms with Crippen LogP contribution in [0.4, 0.5) is 11.4 Å². The minimum atomic E-state index is 0.500. The molecule has 0 aromatic heterocycles. The molecule has 19 heavy (non-hydrogen) atoms. The van der Waals surface area contributed by atoms with Crippen LogP contribution in [0, 0.1) is 0 Å². The Morgan fingerprint density at radius 1 is 0.684 bits per heavy atom. The van der Waals surface area contributed by atoms with Crippen molar-refractivity contribution < 1.29 is 9.59 Å². The average molecular weight is 253 g/mol. The molecule has 0 unspecified atom stereocenters. The summed E-state index contributed by atoms with van der Waals surface area (Å²) in [6.07, 6.45) is 1.00. The molecule has 0 fully saturated rings. The first-order valence-corrected chi connectivity index (χ1v) is 5.18. The summed E-state index contributed by atoms with van der Waals surface area (Å²) in [5.74, 6) is 0. The lowest BCUT2D eigenvalue weighted by atomic mass is 10.3. The third-order valence-corrected chi connectivity index (χ3v) is 1.84. The van der Waals surface area contributed by atoms with Crippen molar-refractivity contribution in [1.82, 2.24) is 0 Å². The molecular weight excluding hydrogens is 242 g/mol. The molecule has 5 nitrogen and oxygen atoms in total. The Bertz CT molecular complexity index is 465. The summed E-state index contributed by atoms with van der Waals surface area (Å²) in [6.45, 7) is 0. The van der Waals surface area contributed by atoms with Gasteiger partial charge in [0.05, 0.1) is 0 Å². The Hall–Kier alpha value is -3.00. The van der Waals surface area contributed by atoms with Crippen molar-refractivity contribution in [3.8, 4) is 0 Å². The molecule has 0 amide bonds. The maximum Gasteiger partial charge on any atom is 0.0384 e. The lowest BCUT2D eigenvalue weighted by Crippen LogP contribution is -1.87. The van der Waals surface area contributed by atoms with Gasteiger partial charge in [0.25, 0.3) is 0 Å². The van der Waals surface area contributed by atoms with Gasteiger partial charge in [0, 0.05) is 11.4 Å². The van der Waals surface area contributed by atoms with Gasteiger partial charge in [-0.25, -0.2) is 0 Å². The van der Waals surface area contributed by atoms with Crippen molar-refractivity contribution in [2.24, 2.45) is 0 Å². The molecule has 0 atom stereocenters. The number of carbonyl (C=O) groups excluding carboxylic acids is 2.